The highest BCUT2D eigenvalue weighted by molar-refractivity contribution is 5.77. The molecular weight excluding hydrogens is 370 g/mol. The van der Waals surface area contributed by atoms with Crippen molar-refractivity contribution >= 4 is 12.0 Å². The van der Waals surface area contributed by atoms with Gasteiger partial charge in [0.15, 0.2) is 0 Å². The van der Waals surface area contributed by atoms with Crippen LogP contribution in [0.25, 0.3) is 0 Å². The van der Waals surface area contributed by atoms with E-state index in [4.69, 9.17) is 9.47 Å². The van der Waals surface area contributed by atoms with Gasteiger partial charge in [0.1, 0.15) is 5.60 Å². The summed E-state index contributed by atoms with van der Waals surface area (Å²) < 4.78 is 11.0. The number of nitrogens with zero attached hydrogens (tertiary/aromatic N) is 1. The van der Waals surface area contributed by atoms with Gasteiger partial charge in [-0.05, 0) is 71.5 Å². The highest BCUT2D eigenvalue weighted by Gasteiger charge is 2.27. The van der Waals surface area contributed by atoms with Crippen molar-refractivity contribution < 1.29 is 19.1 Å². The Balaban J connectivity index is 2.11. The Morgan fingerprint density at radius 2 is 1.66 bits per heavy atom. The van der Waals surface area contributed by atoms with Crippen LogP contribution in [-0.4, -0.2) is 68.9 Å². The molecule has 1 rings (SSSR count). The fourth-order valence-corrected chi connectivity index (χ4v) is 3.52. The standard InChI is InChI=1S/C22H43N3O4/c1-17(2)20(26)23-11-15-28-16-12-24-21(27)29-22(4,5)10-7-18(3)19-8-13-25(6)14-9-19/h17-19H,7-16H2,1-6H3,(H,23,26)(H,24,27)/t18-/m0/s1. The zero-order chi connectivity index (χ0) is 21.9. The number of piperidine rings is 1. The predicted octanol–water partition coefficient (Wildman–Crippen LogP) is 3.04. The van der Waals surface area contributed by atoms with E-state index in [1.54, 1.807) is 0 Å². The second-order valence-corrected chi connectivity index (χ2v) is 9.29. The van der Waals surface area contributed by atoms with Gasteiger partial charge in [-0.1, -0.05) is 20.8 Å². The third-order valence-corrected chi connectivity index (χ3v) is 5.72. The van der Waals surface area contributed by atoms with Crippen molar-refractivity contribution in [2.75, 3.05) is 46.4 Å². The lowest BCUT2D eigenvalue weighted by Gasteiger charge is -2.34. The Hall–Kier alpha value is -1.34. The van der Waals surface area contributed by atoms with E-state index < -0.39 is 11.7 Å². The average Bonchev–Trinajstić information content (AvgIpc) is 2.65. The molecule has 170 valence electrons. The molecule has 1 heterocycles. The van der Waals surface area contributed by atoms with Crippen LogP contribution in [-0.2, 0) is 14.3 Å². The first-order valence-electron chi connectivity index (χ1n) is 11.1. The fraction of sp³-hybridized carbons (Fsp3) is 0.909. The van der Waals surface area contributed by atoms with Gasteiger partial charge in [0.25, 0.3) is 0 Å². The van der Waals surface area contributed by atoms with Gasteiger partial charge in [-0.3, -0.25) is 4.79 Å². The van der Waals surface area contributed by atoms with Crippen LogP contribution in [0, 0.1) is 17.8 Å². The quantitative estimate of drug-likeness (QED) is 0.481. The van der Waals surface area contributed by atoms with Crippen molar-refractivity contribution in [1.82, 2.24) is 15.5 Å². The third kappa shape index (κ3) is 11.4. The molecule has 0 spiro atoms. The summed E-state index contributed by atoms with van der Waals surface area (Å²) >= 11 is 0. The molecule has 0 aromatic rings. The number of hydrogen-bond donors (Lipinski definition) is 2. The van der Waals surface area contributed by atoms with Gasteiger partial charge in [0, 0.05) is 19.0 Å². The van der Waals surface area contributed by atoms with Crippen molar-refractivity contribution in [2.45, 2.75) is 65.9 Å². The van der Waals surface area contributed by atoms with Crippen molar-refractivity contribution in [3.63, 3.8) is 0 Å². The number of carbonyl (C=O) groups is 2. The van der Waals surface area contributed by atoms with Crippen LogP contribution in [0.15, 0.2) is 0 Å². The number of rotatable bonds is 12. The van der Waals surface area contributed by atoms with Crippen LogP contribution >= 0.6 is 0 Å². The molecule has 1 aliphatic heterocycles. The number of likely N-dealkylation sites (tertiary alicyclic amines) is 1. The van der Waals surface area contributed by atoms with E-state index in [0.29, 0.717) is 32.2 Å². The molecule has 0 bridgehead atoms. The molecule has 1 aliphatic rings. The molecule has 0 aromatic heterocycles. The van der Waals surface area contributed by atoms with Gasteiger partial charge in [-0.2, -0.15) is 0 Å². The van der Waals surface area contributed by atoms with E-state index in [2.05, 4.69) is 29.5 Å². The Bertz CT molecular complexity index is 488. The highest BCUT2D eigenvalue weighted by Crippen LogP contribution is 2.30. The number of alkyl carbamates (subject to hydrolysis) is 1. The third-order valence-electron chi connectivity index (χ3n) is 5.72. The van der Waals surface area contributed by atoms with Gasteiger partial charge in [-0.15, -0.1) is 0 Å². The van der Waals surface area contributed by atoms with E-state index >= 15 is 0 Å². The Kier molecular flexibility index (Phi) is 11.6. The van der Waals surface area contributed by atoms with Crippen molar-refractivity contribution in [1.29, 1.82) is 0 Å². The molecule has 29 heavy (non-hydrogen) atoms. The van der Waals surface area contributed by atoms with E-state index in [-0.39, 0.29) is 11.8 Å². The summed E-state index contributed by atoms with van der Waals surface area (Å²) in [5, 5.41) is 5.52. The molecule has 0 unspecified atom stereocenters. The highest BCUT2D eigenvalue weighted by atomic mass is 16.6. The molecule has 0 radical (unpaired) electrons. The lowest BCUT2D eigenvalue weighted by molar-refractivity contribution is -0.124. The molecule has 0 aromatic carbocycles. The normalized spacial score (nSPS) is 17.2. The zero-order valence-electron chi connectivity index (χ0n) is 19.4. The summed E-state index contributed by atoms with van der Waals surface area (Å²) in [6.07, 6.45) is 4.06. The molecule has 0 saturated carbocycles. The second kappa shape index (κ2) is 13.1. The Labute approximate surface area is 177 Å². The first kappa shape index (κ1) is 25.7. The van der Waals surface area contributed by atoms with E-state index in [1.807, 2.05) is 27.7 Å². The van der Waals surface area contributed by atoms with Crippen LogP contribution in [0.3, 0.4) is 0 Å². The van der Waals surface area contributed by atoms with Crippen molar-refractivity contribution in [3.8, 4) is 0 Å². The summed E-state index contributed by atoms with van der Waals surface area (Å²) in [4.78, 5) is 25.8. The summed E-state index contributed by atoms with van der Waals surface area (Å²) in [7, 11) is 2.19. The predicted molar refractivity (Wildman–Crippen MR) is 116 cm³/mol. The Morgan fingerprint density at radius 1 is 1.07 bits per heavy atom. The van der Waals surface area contributed by atoms with Gasteiger partial charge in [0.2, 0.25) is 5.91 Å². The summed E-state index contributed by atoms with van der Waals surface area (Å²) in [6, 6.07) is 0. The van der Waals surface area contributed by atoms with Gasteiger partial charge >= 0.3 is 6.09 Å². The van der Waals surface area contributed by atoms with Crippen molar-refractivity contribution in [2.24, 2.45) is 17.8 Å². The lowest BCUT2D eigenvalue weighted by atomic mass is 9.81. The SMILES string of the molecule is CC(C)C(=O)NCCOCCNC(=O)OC(C)(C)CC[C@H](C)C1CCN(C)CC1. The largest absolute Gasteiger partial charge is 0.444 e. The van der Waals surface area contributed by atoms with Crippen LogP contribution < -0.4 is 10.6 Å². The maximum atomic E-state index is 12.0. The van der Waals surface area contributed by atoms with Crippen LogP contribution in [0.5, 0.6) is 0 Å². The topological polar surface area (TPSA) is 79.9 Å². The van der Waals surface area contributed by atoms with Gasteiger partial charge in [0.05, 0.1) is 13.2 Å². The molecular formula is C22H43N3O4. The van der Waals surface area contributed by atoms with E-state index in [0.717, 1.165) is 18.8 Å². The molecule has 0 aliphatic carbocycles. The minimum atomic E-state index is -0.480. The monoisotopic (exact) mass is 413 g/mol. The zero-order valence-corrected chi connectivity index (χ0v) is 19.4. The van der Waals surface area contributed by atoms with E-state index in [9.17, 15) is 9.59 Å². The summed E-state index contributed by atoms with van der Waals surface area (Å²) in [5.74, 6) is 1.42. The smallest absolute Gasteiger partial charge is 0.407 e. The molecule has 1 fully saturated rings. The summed E-state index contributed by atoms with van der Waals surface area (Å²) in [6.45, 7) is 14.0. The molecule has 2 amide bonds. The maximum absolute atomic E-state index is 12.0. The Morgan fingerprint density at radius 3 is 2.24 bits per heavy atom. The summed E-state index contributed by atoms with van der Waals surface area (Å²) in [5.41, 5.74) is -0.480. The molecule has 1 saturated heterocycles. The number of hydrogen-bond acceptors (Lipinski definition) is 5. The first-order valence-corrected chi connectivity index (χ1v) is 11.1. The molecule has 1 atom stereocenters. The minimum Gasteiger partial charge on any atom is -0.444 e. The van der Waals surface area contributed by atoms with Gasteiger partial charge in [-0.25, -0.2) is 4.79 Å². The van der Waals surface area contributed by atoms with Crippen molar-refractivity contribution in [3.05, 3.63) is 0 Å². The number of carbonyl (C=O) groups excluding carboxylic acids is 2. The first-order chi connectivity index (χ1) is 13.6. The van der Waals surface area contributed by atoms with Crippen LogP contribution in [0.4, 0.5) is 4.79 Å². The number of amides is 2. The fourth-order valence-electron chi connectivity index (χ4n) is 3.52. The van der Waals surface area contributed by atoms with E-state index in [1.165, 1.54) is 25.9 Å². The maximum Gasteiger partial charge on any atom is 0.407 e. The second-order valence-electron chi connectivity index (χ2n) is 9.29. The number of nitrogens with one attached hydrogen (secondary N) is 2. The lowest BCUT2D eigenvalue weighted by Crippen LogP contribution is -2.37. The average molecular weight is 414 g/mol. The van der Waals surface area contributed by atoms with Gasteiger partial charge < -0.3 is 25.0 Å². The molecule has 7 heteroatoms. The van der Waals surface area contributed by atoms with Crippen LogP contribution in [0.1, 0.15) is 60.3 Å². The molecule has 7 nitrogen and oxygen atoms in total. The minimum absolute atomic E-state index is 0.0164. The molecule has 2 N–H and O–H groups in total. The van der Waals surface area contributed by atoms with Crippen LogP contribution in [0.2, 0.25) is 0 Å². The number of ether oxygens (including phenoxy) is 2.